The number of hydrogen-bond acceptors (Lipinski definition) is 2. The first-order chi connectivity index (χ1) is 7.26. The fourth-order valence-electron chi connectivity index (χ4n) is 1.74. The highest BCUT2D eigenvalue weighted by Gasteiger charge is 2.39. The molecule has 0 amide bonds. The van der Waals surface area contributed by atoms with Crippen LogP contribution in [0.4, 0.5) is 0 Å². The minimum atomic E-state index is -1.66. The molecule has 1 aliphatic carbocycles. The van der Waals surface area contributed by atoms with Gasteiger partial charge < -0.3 is 9.53 Å². The molecule has 3 heteroatoms. The van der Waals surface area contributed by atoms with Crippen molar-refractivity contribution in [2.45, 2.75) is 64.3 Å². The Morgan fingerprint density at radius 2 is 2.06 bits per heavy atom. The average Bonchev–Trinajstić information content (AvgIpc) is 2.15. The molecule has 0 spiro atoms. The van der Waals surface area contributed by atoms with Crippen molar-refractivity contribution >= 4 is 8.32 Å². The second-order valence-electron chi connectivity index (χ2n) is 6.29. The van der Waals surface area contributed by atoms with Crippen LogP contribution in [0.15, 0.2) is 11.6 Å². The van der Waals surface area contributed by atoms with E-state index in [1.165, 1.54) is 0 Å². The molecule has 1 aliphatic rings. The van der Waals surface area contributed by atoms with Gasteiger partial charge in [-0.15, -0.1) is 0 Å². The number of aliphatic hydroxyl groups is 1. The van der Waals surface area contributed by atoms with Crippen molar-refractivity contribution in [1.29, 1.82) is 0 Å². The van der Waals surface area contributed by atoms with Gasteiger partial charge in [-0.3, -0.25) is 0 Å². The standard InChI is InChI=1S/C13H26O2Si/c1-13(2,3)16(4,5)15-12-8-6-7-11(9-12)10-14/h9,12,14H,6-8,10H2,1-5H3. The molecule has 0 saturated carbocycles. The Morgan fingerprint density at radius 1 is 1.44 bits per heavy atom. The highest BCUT2D eigenvalue weighted by atomic mass is 28.4. The monoisotopic (exact) mass is 242 g/mol. The van der Waals surface area contributed by atoms with E-state index >= 15 is 0 Å². The third-order valence-corrected chi connectivity index (χ3v) is 8.37. The van der Waals surface area contributed by atoms with Crippen LogP contribution in [-0.4, -0.2) is 26.1 Å². The Hall–Kier alpha value is -0.123. The molecule has 0 saturated heterocycles. The van der Waals surface area contributed by atoms with Gasteiger partial charge in [0.1, 0.15) is 0 Å². The van der Waals surface area contributed by atoms with Crippen LogP contribution in [-0.2, 0) is 4.43 Å². The van der Waals surface area contributed by atoms with E-state index in [4.69, 9.17) is 9.53 Å². The van der Waals surface area contributed by atoms with Gasteiger partial charge in [-0.1, -0.05) is 26.8 Å². The van der Waals surface area contributed by atoms with Crippen LogP contribution < -0.4 is 0 Å². The normalized spacial score (nSPS) is 23.1. The zero-order chi connectivity index (χ0) is 12.4. The van der Waals surface area contributed by atoms with Crippen LogP contribution in [0.2, 0.25) is 18.1 Å². The maximum Gasteiger partial charge on any atom is 0.192 e. The van der Waals surface area contributed by atoms with Crippen LogP contribution in [0.1, 0.15) is 40.0 Å². The van der Waals surface area contributed by atoms with E-state index in [1.807, 2.05) is 0 Å². The van der Waals surface area contributed by atoms with Crippen LogP contribution in [0.5, 0.6) is 0 Å². The van der Waals surface area contributed by atoms with E-state index in [9.17, 15) is 0 Å². The number of aliphatic hydroxyl groups excluding tert-OH is 1. The average molecular weight is 242 g/mol. The lowest BCUT2D eigenvalue weighted by atomic mass is 9.98. The van der Waals surface area contributed by atoms with Gasteiger partial charge in [-0.25, -0.2) is 0 Å². The van der Waals surface area contributed by atoms with Gasteiger partial charge in [0.25, 0.3) is 0 Å². The third kappa shape index (κ3) is 3.44. The minimum absolute atomic E-state index is 0.192. The van der Waals surface area contributed by atoms with E-state index in [-0.39, 0.29) is 17.7 Å². The number of rotatable bonds is 3. The quantitative estimate of drug-likeness (QED) is 0.606. The number of hydrogen-bond donors (Lipinski definition) is 1. The van der Waals surface area contributed by atoms with Crippen molar-refractivity contribution in [2.24, 2.45) is 0 Å². The predicted molar refractivity (Wildman–Crippen MR) is 71.1 cm³/mol. The fraction of sp³-hybridized carbons (Fsp3) is 0.846. The molecule has 0 heterocycles. The first kappa shape index (κ1) is 13.9. The lowest BCUT2D eigenvalue weighted by molar-refractivity contribution is 0.200. The molecule has 1 atom stereocenters. The van der Waals surface area contributed by atoms with Crippen LogP contribution in [0.25, 0.3) is 0 Å². The van der Waals surface area contributed by atoms with Crippen molar-refractivity contribution in [2.75, 3.05) is 6.61 Å². The Kier molecular flexibility index (Phi) is 4.38. The highest BCUT2D eigenvalue weighted by Crippen LogP contribution is 2.38. The fourth-order valence-corrected chi connectivity index (χ4v) is 3.04. The lowest BCUT2D eigenvalue weighted by Gasteiger charge is -2.39. The highest BCUT2D eigenvalue weighted by molar-refractivity contribution is 6.74. The Bertz CT molecular complexity index is 264. The van der Waals surface area contributed by atoms with Crippen LogP contribution in [0.3, 0.4) is 0 Å². The third-order valence-electron chi connectivity index (χ3n) is 3.86. The summed E-state index contributed by atoms with van der Waals surface area (Å²) in [5, 5.41) is 9.42. The SMILES string of the molecule is CC(C)(C)[Si](C)(C)OC1C=C(CO)CCC1. The summed E-state index contributed by atoms with van der Waals surface area (Å²) in [6, 6.07) is 0. The van der Waals surface area contributed by atoms with Gasteiger partial charge in [0.05, 0.1) is 12.7 Å². The van der Waals surface area contributed by atoms with Crippen molar-refractivity contribution < 1.29 is 9.53 Å². The van der Waals surface area contributed by atoms with Gasteiger partial charge in [-0.2, -0.15) is 0 Å². The molecule has 1 unspecified atom stereocenters. The van der Waals surface area contributed by atoms with Crippen LogP contribution in [0, 0.1) is 0 Å². The first-order valence-corrected chi connectivity index (χ1v) is 9.15. The Labute approximate surface area is 101 Å². The maximum atomic E-state index is 9.15. The summed E-state index contributed by atoms with van der Waals surface area (Å²) >= 11 is 0. The van der Waals surface area contributed by atoms with Crippen molar-refractivity contribution in [3.05, 3.63) is 11.6 Å². The van der Waals surface area contributed by atoms with Crippen LogP contribution >= 0.6 is 0 Å². The van der Waals surface area contributed by atoms with Crippen molar-refractivity contribution in [3.8, 4) is 0 Å². The molecule has 1 rings (SSSR count). The largest absolute Gasteiger partial charge is 0.411 e. The lowest BCUT2D eigenvalue weighted by Crippen LogP contribution is -2.44. The Balaban J connectivity index is 2.67. The summed E-state index contributed by atoms with van der Waals surface area (Å²) in [4.78, 5) is 0. The molecule has 2 nitrogen and oxygen atoms in total. The summed E-state index contributed by atoms with van der Waals surface area (Å²) < 4.78 is 6.33. The van der Waals surface area contributed by atoms with Gasteiger partial charge in [-0.05, 0) is 43.0 Å². The molecular formula is C13H26O2Si. The second kappa shape index (κ2) is 5.03. The van der Waals surface area contributed by atoms with Gasteiger partial charge in [0.15, 0.2) is 8.32 Å². The summed E-state index contributed by atoms with van der Waals surface area (Å²) in [5.41, 5.74) is 1.15. The zero-order valence-electron chi connectivity index (χ0n) is 11.3. The molecule has 0 radical (unpaired) electrons. The molecule has 1 N–H and O–H groups in total. The molecule has 16 heavy (non-hydrogen) atoms. The molecule has 0 aromatic heterocycles. The molecule has 94 valence electrons. The maximum absolute atomic E-state index is 9.15. The van der Waals surface area contributed by atoms with E-state index < -0.39 is 8.32 Å². The summed E-state index contributed by atoms with van der Waals surface area (Å²) in [7, 11) is -1.66. The molecule has 0 bridgehead atoms. The zero-order valence-corrected chi connectivity index (χ0v) is 12.3. The van der Waals surface area contributed by atoms with E-state index in [0.29, 0.717) is 0 Å². The molecule has 0 aliphatic heterocycles. The molecule has 0 aromatic carbocycles. The summed E-state index contributed by atoms with van der Waals surface area (Å²) in [5.74, 6) is 0. The van der Waals surface area contributed by atoms with Gasteiger partial charge in [0.2, 0.25) is 0 Å². The first-order valence-electron chi connectivity index (χ1n) is 6.24. The summed E-state index contributed by atoms with van der Waals surface area (Å²) in [6.07, 6.45) is 5.66. The smallest absolute Gasteiger partial charge is 0.192 e. The Morgan fingerprint density at radius 3 is 2.56 bits per heavy atom. The van der Waals surface area contributed by atoms with Gasteiger partial charge >= 0.3 is 0 Å². The van der Waals surface area contributed by atoms with Crippen molar-refractivity contribution in [3.63, 3.8) is 0 Å². The van der Waals surface area contributed by atoms with E-state index in [0.717, 1.165) is 24.8 Å². The van der Waals surface area contributed by atoms with E-state index in [2.05, 4.69) is 39.9 Å². The second-order valence-corrected chi connectivity index (χ2v) is 11.0. The van der Waals surface area contributed by atoms with Crippen molar-refractivity contribution in [1.82, 2.24) is 0 Å². The van der Waals surface area contributed by atoms with E-state index in [1.54, 1.807) is 0 Å². The summed E-state index contributed by atoms with van der Waals surface area (Å²) in [6.45, 7) is 11.6. The topological polar surface area (TPSA) is 29.5 Å². The van der Waals surface area contributed by atoms with Gasteiger partial charge in [0, 0.05) is 0 Å². The molecular weight excluding hydrogens is 216 g/mol. The molecule has 0 aromatic rings. The predicted octanol–water partition coefficient (Wildman–Crippen LogP) is 3.48. The minimum Gasteiger partial charge on any atom is -0.411 e. The molecule has 0 fully saturated rings.